The molecule has 0 bridgehead atoms. The zero-order chi connectivity index (χ0) is 13.2. The van der Waals surface area contributed by atoms with Gasteiger partial charge in [-0.2, -0.15) is 0 Å². The molecule has 0 amide bonds. The van der Waals surface area contributed by atoms with Gasteiger partial charge in [-0.05, 0) is 30.4 Å². The molecule has 0 saturated heterocycles. The van der Waals surface area contributed by atoms with Crippen LogP contribution in [0.25, 0.3) is 0 Å². The summed E-state index contributed by atoms with van der Waals surface area (Å²) < 4.78 is 0. The number of rotatable bonds is 1. The summed E-state index contributed by atoms with van der Waals surface area (Å²) in [7, 11) is 0. The van der Waals surface area contributed by atoms with Crippen molar-refractivity contribution in [1.82, 2.24) is 0 Å². The molecule has 1 aromatic rings. The molecule has 0 saturated carbocycles. The van der Waals surface area contributed by atoms with Gasteiger partial charge < -0.3 is 5.32 Å². The Kier molecular flexibility index (Phi) is 4.00. The van der Waals surface area contributed by atoms with Crippen LogP contribution >= 0.6 is 11.8 Å². The summed E-state index contributed by atoms with van der Waals surface area (Å²) in [5.41, 5.74) is 2.68. The Bertz CT molecular complexity index is 446. The second kappa shape index (κ2) is 5.35. The average molecular weight is 262 g/mol. The largest absolute Gasteiger partial charge is 0.335 e. The number of aliphatic imine (C=N–C) groups is 1. The van der Waals surface area contributed by atoms with E-state index >= 15 is 0 Å². The summed E-state index contributed by atoms with van der Waals surface area (Å²) in [6.45, 7) is 8.92. The second-order valence-electron chi connectivity index (χ2n) is 5.89. The van der Waals surface area contributed by atoms with E-state index in [1.54, 1.807) is 0 Å². The molecule has 1 aliphatic heterocycles. The van der Waals surface area contributed by atoms with Gasteiger partial charge in [0.2, 0.25) is 0 Å². The van der Waals surface area contributed by atoms with Gasteiger partial charge in [-0.25, -0.2) is 0 Å². The molecule has 0 aromatic heterocycles. The summed E-state index contributed by atoms with van der Waals surface area (Å²) in [6.07, 6.45) is 1.17. The van der Waals surface area contributed by atoms with Crippen LogP contribution in [0.5, 0.6) is 0 Å². The fourth-order valence-electron chi connectivity index (χ4n) is 2.03. The van der Waals surface area contributed by atoms with Crippen molar-refractivity contribution < 1.29 is 0 Å². The first-order valence-electron chi connectivity index (χ1n) is 6.50. The predicted molar refractivity (Wildman–Crippen MR) is 82.6 cm³/mol. The van der Waals surface area contributed by atoms with Crippen LogP contribution in [0.1, 0.15) is 32.8 Å². The fourth-order valence-corrected chi connectivity index (χ4v) is 2.95. The van der Waals surface area contributed by atoms with E-state index in [0.29, 0.717) is 6.04 Å². The Labute approximate surface area is 114 Å². The Balaban J connectivity index is 2.14. The number of aryl methyl sites for hydroxylation is 1. The molecular weight excluding hydrogens is 240 g/mol. The molecule has 1 heterocycles. The highest BCUT2D eigenvalue weighted by Gasteiger charge is 2.27. The quantitative estimate of drug-likeness (QED) is 0.815. The lowest BCUT2D eigenvalue weighted by Gasteiger charge is -2.31. The topological polar surface area (TPSA) is 24.4 Å². The van der Waals surface area contributed by atoms with Crippen LogP contribution in [0, 0.1) is 12.3 Å². The maximum atomic E-state index is 4.86. The number of anilines is 1. The monoisotopic (exact) mass is 262 g/mol. The third-order valence-electron chi connectivity index (χ3n) is 3.29. The molecule has 1 aliphatic rings. The maximum Gasteiger partial charge on any atom is 0.161 e. The lowest BCUT2D eigenvalue weighted by Crippen LogP contribution is -2.30. The van der Waals surface area contributed by atoms with Gasteiger partial charge in [0.05, 0.1) is 6.04 Å². The molecule has 0 radical (unpaired) electrons. The van der Waals surface area contributed by atoms with Crippen LogP contribution in [-0.2, 0) is 0 Å². The molecule has 1 aromatic carbocycles. The van der Waals surface area contributed by atoms with Crippen molar-refractivity contribution in [3.63, 3.8) is 0 Å². The molecule has 0 fully saturated rings. The van der Waals surface area contributed by atoms with E-state index < -0.39 is 0 Å². The van der Waals surface area contributed by atoms with Crippen molar-refractivity contribution in [3.05, 3.63) is 29.8 Å². The van der Waals surface area contributed by atoms with Crippen LogP contribution < -0.4 is 5.32 Å². The van der Waals surface area contributed by atoms with E-state index in [4.69, 9.17) is 4.99 Å². The molecule has 1 N–H and O–H groups in total. The number of para-hydroxylation sites is 1. The van der Waals surface area contributed by atoms with Gasteiger partial charge in [-0.3, -0.25) is 4.99 Å². The normalized spacial score (nSPS) is 20.4. The van der Waals surface area contributed by atoms with E-state index in [1.807, 2.05) is 11.8 Å². The van der Waals surface area contributed by atoms with Crippen LogP contribution in [0.3, 0.4) is 0 Å². The summed E-state index contributed by atoms with van der Waals surface area (Å²) >= 11 is 1.83. The van der Waals surface area contributed by atoms with Gasteiger partial charge >= 0.3 is 0 Å². The first-order chi connectivity index (χ1) is 8.47. The minimum atomic E-state index is 0.250. The van der Waals surface area contributed by atoms with Crippen molar-refractivity contribution >= 4 is 22.6 Å². The SMILES string of the molecule is Cc1ccccc1NC1=NC(C(C)(C)C)CCS1. The zero-order valence-electron chi connectivity index (χ0n) is 11.7. The highest BCUT2D eigenvalue weighted by atomic mass is 32.2. The number of nitrogens with zero attached hydrogens (tertiary/aromatic N) is 1. The van der Waals surface area contributed by atoms with E-state index in [-0.39, 0.29) is 5.41 Å². The standard InChI is InChI=1S/C15H22N2S/c1-11-7-5-6-8-12(11)16-14-17-13(9-10-18-14)15(2,3)4/h5-8,13H,9-10H2,1-4H3,(H,16,17). The van der Waals surface area contributed by atoms with E-state index in [9.17, 15) is 0 Å². The molecule has 1 unspecified atom stereocenters. The third kappa shape index (κ3) is 3.29. The lowest BCUT2D eigenvalue weighted by molar-refractivity contribution is 0.316. The van der Waals surface area contributed by atoms with E-state index in [1.165, 1.54) is 17.7 Å². The van der Waals surface area contributed by atoms with Crippen molar-refractivity contribution in [1.29, 1.82) is 0 Å². The first-order valence-corrected chi connectivity index (χ1v) is 7.48. The molecule has 0 spiro atoms. The van der Waals surface area contributed by atoms with Gasteiger partial charge in [0.25, 0.3) is 0 Å². The third-order valence-corrected chi connectivity index (χ3v) is 4.21. The Hall–Kier alpha value is -0.960. The average Bonchev–Trinajstić information content (AvgIpc) is 2.31. The molecule has 98 valence electrons. The molecule has 18 heavy (non-hydrogen) atoms. The van der Waals surface area contributed by atoms with Gasteiger partial charge in [-0.15, -0.1) is 0 Å². The Morgan fingerprint density at radius 1 is 1.28 bits per heavy atom. The Morgan fingerprint density at radius 3 is 2.67 bits per heavy atom. The highest BCUT2D eigenvalue weighted by Crippen LogP contribution is 2.31. The molecule has 3 heteroatoms. The summed E-state index contributed by atoms with van der Waals surface area (Å²) in [5, 5.41) is 4.53. The van der Waals surface area contributed by atoms with Gasteiger partial charge in [0.15, 0.2) is 5.17 Å². The van der Waals surface area contributed by atoms with Crippen LogP contribution in [-0.4, -0.2) is 17.0 Å². The summed E-state index contributed by atoms with van der Waals surface area (Å²) in [5.74, 6) is 1.15. The van der Waals surface area contributed by atoms with Crippen molar-refractivity contribution in [2.75, 3.05) is 11.1 Å². The van der Waals surface area contributed by atoms with Gasteiger partial charge in [-0.1, -0.05) is 50.7 Å². The molecular formula is C15H22N2S. The number of nitrogens with one attached hydrogen (secondary N) is 1. The maximum absolute atomic E-state index is 4.86. The molecule has 2 rings (SSSR count). The summed E-state index contributed by atoms with van der Waals surface area (Å²) in [4.78, 5) is 4.86. The predicted octanol–water partition coefficient (Wildman–Crippen LogP) is 4.31. The smallest absolute Gasteiger partial charge is 0.161 e. The minimum absolute atomic E-state index is 0.250. The van der Waals surface area contributed by atoms with Gasteiger partial charge in [0.1, 0.15) is 0 Å². The molecule has 1 atom stereocenters. The highest BCUT2D eigenvalue weighted by molar-refractivity contribution is 8.14. The number of amidine groups is 1. The van der Waals surface area contributed by atoms with Crippen LogP contribution in [0.2, 0.25) is 0 Å². The number of hydrogen-bond donors (Lipinski definition) is 1. The molecule has 2 nitrogen and oxygen atoms in total. The van der Waals surface area contributed by atoms with Crippen molar-refractivity contribution in [2.24, 2.45) is 10.4 Å². The van der Waals surface area contributed by atoms with Gasteiger partial charge in [0, 0.05) is 11.4 Å². The molecule has 0 aliphatic carbocycles. The fraction of sp³-hybridized carbons (Fsp3) is 0.533. The van der Waals surface area contributed by atoms with Crippen molar-refractivity contribution in [2.45, 2.75) is 40.2 Å². The second-order valence-corrected chi connectivity index (χ2v) is 6.98. The lowest BCUT2D eigenvalue weighted by atomic mass is 9.85. The number of benzene rings is 1. The van der Waals surface area contributed by atoms with E-state index in [0.717, 1.165) is 10.9 Å². The zero-order valence-corrected chi connectivity index (χ0v) is 12.5. The first kappa shape index (κ1) is 13.5. The van der Waals surface area contributed by atoms with Crippen molar-refractivity contribution in [3.8, 4) is 0 Å². The van der Waals surface area contributed by atoms with Crippen LogP contribution in [0.15, 0.2) is 29.3 Å². The van der Waals surface area contributed by atoms with E-state index in [2.05, 4.69) is 57.3 Å². The van der Waals surface area contributed by atoms with Crippen LogP contribution in [0.4, 0.5) is 5.69 Å². The summed E-state index contributed by atoms with van der Waals surface area (Å²) in [6, 6.07) is 8.78. The number of hydrogen-bond acceptors (Lipinski definition) is 3. The number of thioether (sulfide) groups is 1. The Morgan fingerprint density at radius 2 is 2.00 bits per heavy atom. The minimum Gasteiger partial charge on any atom is -0.335 e.